The van der Waals surface area contributed by atoms with Crippen molar-refractivity contribution in [1.82, 2.24) is 5.32 Å². The number of carbonyl (C=O) groups excluding carboxylic acids is 2. The van der Waals surface area contributed by atoms with Gasteiger partial charge in [-0.2, -0.15) is 0 Å². The molecule has 27 heavy (non-hydrogen) atoms. The minimum atomic E-state index is -0.172. The number of hydrogen-bond donors (Lipinski definition) is 2. The number of rotatable bonds is 5. The largest absolute Gasteiger partial charge is 0.347 e. The molecule has 0 spiro atoms. The van der Waals surface area contributed by atoms with E-state index in [9.17, 15) is 9.59 Å². The highest BCUT2D eigenvalue weighted by Gasteiger charge is 2.71. The van der Waals surface area contributed by atoms with E-state index in [1.807, 2.05) is 6.92 Å². The fourth-order valence-corrected chi connectivity index (χ4v) is 4.78. The average Bonchev–Trinajstić information content (AvgIpc) is 2.58. The highest BCUT2D eigenvalue weighted by molar-refractivity contribution is 6.31. The van der Waals surface area contributed by atoms with E-state index >= 15 is 0 Å². The van der Waals surface area contributed by atoms with Gasteiger partial charge in [0.1, 0.15) is 0 Å². The van der Waals surface area contributed by atoms with Gasteiger partial charge in [-0.3, -0.25) is 9.59 Å². The van der Waals surface area contributed by atoms with E-state index < -0.39 is 0 Å². The topological polar surface area (TPSA) is 58.2 Å². The van der Waals surface area contributed by atoms with E-state index in [1.165, 1.54) is 0 Å². The number of anilines is 1. The van der Waals surface area contributed by atoms with E-state index in [1.54, 1.807) is 48.5 Å². The SMILES string of the molecule is CC(C(=O)Nc1ccc(Cl)cc1)C12CC(NC(=O)c3cccc(Cl)c3)(C1)C2. The van der Waals surface area contributed by atoms with E-state index in [-0.39, 0.29) is 28.7 Å². The first-order valence-corrected chi connectivity index (χ1v) is 9.71. The van der Waals surface area contributed by atoms with Crippen LogP contribution in [0.4, 0.5) is 5.69 Å². The van der Waals surface area contributed by atoms with Gasteiger partial charge in [-0.25, -0.2) is 0 Å². The Labute approximate surface area is 168 Å². The molecule has 2 N–H and O–H groups in total. The third-order valence-corrected chi connectivity index (χ3v) is 6.45. The van der Waals surface area contributed by atoms with Crippen LogP contribution in [0.15, 0.2) is 48.5 Å². The predicted molar refractivity (Wildman–Crippen MR) is 107 cm³/mol. The summed E-state index contributed by atoms with van der Waals surface area (Å²) in [6.07, 6.45) is 2.50. The number of benzene rings is 2. The van der Waals surface area contributed by atoms with Gasteiger partial charge in [0.25, 0.3) is 5.91 Å². The Bertz CT molecular complexity index is 891. The summed E-state index contributed by atoms with van der Waals surface area (Å²) in [5.41, 5.74) is 1.12. The lowest BCUT2D eigenvalue weighted by molar-refractivity contribution is -0.184. The Balaban J connectivity index is 1.33. The number of carbonyl (C=O) groups is 2. The molecule has 0 saturated heterocycles. The molecule has 0 heterocycles. The van der Waals surface area contributed by atoms with Crippen molar-refractivity contribution in [3.63, 3.8) is 0 Å². The maximum atomic E-state index is 12.6. The summed E-state index contributed by atoms with van der Waals surface area (Å²) in [5.74, 6) is -0.214. The fraction of sp³-hybridized carbons (Fsp3) is 0.333. The van der Waals surface area contributed by atoms with Crippen molar-refractivity contribution in [2.45, 2.75) is 31.7 Å². The van der Waals surface area contributed by atoms with Crippen molar-refractivity contribution in [1.29, 1.82) is 0 Å². The van der Waals surface area contributed by atoms with E-state index in [2.05, 4.69) is 10.6 Å². The van der Waals surface area contributed by atoms with Crippen LogP contribution in [0.5, 0.6) is 0 Å². The van der Waals surface area contributed by atoms with Crippen LogP contribution in [0.1, 0.15) is 36.5 Å². The van der Waals surface area contributed by atoms with Crippen LogP contribution >= 0.6 is 23.2 Å². The van der Waals surface area contributed by atoms with Crippen molar-refractivity contribution in [2.24, 2.45) is 11.3 Å². The standard InChI is InChI=1S/C21H20Cl2N2O2/c1-13(18(26)24-17-7-5-15(22)6-8-17)20-10-21(11-20,12-20)25-19(27)14-3-2-4-16(23)9-14/h2-9,13H,10-12H2,1H3,(H,24,26)(H,25,27). The molecule has 3 aliphatic rings. The molecule has 1 atom stereocenters. The Morgan fingerprint density at radius 2 is 1.67 bits per heavy atom. The van der Waals surface area contributed by atoms with E-state index in [4.69, 9.17) is 23.2 Å². The van der Waals surface area contributed by atoms with Gasteiger partial charge >= 0.3 is 0 Å². The van der Waals surface area contributed by atoms with Gasteiger partial charge < -0.3 is 10.6 Å². The third-order valence-electron chi connectivity index (χ3n) is 5.96. The lowest BCUT2D eigenvalue weighted by Gasteiger charge is -2.72. The van der Waals surface area contributed by atoms with E-state index in [0.717, 1.165) is 24.9 Å². The Morgan fingerprint density at radius 1 is 1.00 bits per heavy atom. The summed E-state index contributed by atoms with van der Waals surface area (Å²) in [4.78, 5) is 25.0. The molecule has 2 aromatic carbocycles. The van der Waals surface area contributed by atoms with Crippen molar-refractivity contribution < 1.29 is 9.59 Å². The minimum Gasteiger partial charge on any atom is -0.347 e. The van der Waals surface area contributed by atoms with Crippen molar-refractivity contribution >= 4 is 40.7 Å². The zero-order valence-electron chi connectivity index (χ0n) is 14.9. The first-order valence-electron chi connectivity index (χ1n) is 8.95. The molecular weight excluding hydrogens is 383 g/mol. The van der Waals surface area contributed by atoms with Gasteiger partial charge in [0, 0.05) is 32.8 Å². The normalized spacial score (nSPS) is 26.3. The van der Waals surface area contributed by atoms with Crippen LogP contribution in [-0.4, -0.2) is 17.4 Å². The molecule has 2 amide bonds. The van der Waals surface area contributed by atoms with Crippen LogP contribution in [0.25, 0.3) is 0 Å². The molecule has 0 aliphatic heterocycles. The molecule has 3 saturated carbocycles. The first kappa shape index (κ1) is 18.3. The first-order chi connectivity index (χ1) is 12.8. The zero-order chi connectivity index (χ0) is 19.2. The summed E-state index contributed by atoms with van der Waals surface area (Å²) in [6, 6.07) is 14.0. The third kappa shape index (κ3) is 3.32. The molecule has 2 bridgehead atoms. The molecule has 0 aromatic heterocycles. The van der Waals surface area contributed by atoms with E-state index in [0.29, 0.717) is 15.6 Å². The lowest BCUT2D eigenvalue weighted by Crippen LogP contribution is -2.77. The van der Waals surface area contributed by atoms with Crippen LogP contribution in [0.2, 0.25) is 10.0 Å². The highest BCUT2D eigenvalue weighted by Crippen LogP contribution is 2.70. The molecule has 0 radical (unpaired) electrons. The molecule has 140 valence electrons. The zero-order valence-corrected chi connectivity index (χ0v) is 16.4. The molecule has 3 fully saturated rings. The quantitative estimate of drug-likeness (QED) is 0.745. The molecule has 2 aromatic rings. The van der Waals surface area contributed by atoms with Gasteiger partial charge in [0.2, 0.25) is 5.91 Å². The summed E-state index contributed by atoms with van der Waals surface area (Å²) in [5, 5.41) is 7.27. The lowest BCUT2D eigenvalue weighted by atomic mass is 9.36. The molecular formula is C21H20Cl2N2O2. The molecule has 6 heteroatoms. The number of hydrogen-bond acceptors (Lipinski definition) is 2. The average molecular weight is 403 g/mol. The van der Waals surface area contributed by atoms with Gasteiger partial charge in [-0.15, -0.1) is 0 Å². The van der Waals surface area contributed by atoms with Crippen LogP contribution in [-0.2, 0) is 4.79 Å². The second kappa shape index (κ2) is 6.54. The maximum absolute atomic E-state index is 12.6. The second-order valence-electron chi connectivity index (χ2n) is 7.86. The molecule has 4 nitrogen and oxygen atoms in total. The summed E-state index contributed by atoms with van der Waals surface area (Å²) in [6.45, 7) is 1.97. The number of amides is 2. The molecule has 3 aliphatic carbocycles. The molecule has 1 unspecified atom stereocenters. The Kier molecular flexibility index (Phi) is 4.44. The van der Waals surface area contributed by atoms with Crippen LogP contribution < -0.4 is 10.6 Å². The van der Waals surface area contributed by atoms with Crippen LogP contribution in [0.3, 0.4) is 0 Å². The van der Waals surface area contributed by atoms with Crippen molar-refractivity contribution in [3.05, 3.63) is 64.1 Å². The highest BCUT2D eigenvalue weighted by atomic mass is 35.5. The van der Waals surface area contributed by atoms with Gasteiger partial charge in [-0.1, -0.05) is 36.2 Å². The summed E-state index contributed by atoms with van der Waals surface area (Å²) >= 11 is 11.8. The number of halogens is 2. The van der Waals surface area contributed by atoms with Gasteiger partial charge in [-0.05, 0) is 67.1 Å². The molecule has 5 rings (SSSR count). The fourth-order valence-electron chi connectivity index (χ4n) is 4.46. The Hall–Kier alpha value is -2.04. The second-order valence-corrected chi connectivity index (χ2v) is 8.73. The smallest absolute Gasteiger partial charge is 0.251 e. The maximum Gasteiger partial charge on any atom is 0.251 e. The van der Waals surface area contributed by atoms with Crippen molar-refractivity contribution in [2.75, 3.05) is 5.32 Å². The summed E-state index contributed by atoms with van der Waals surface area (Å²) in [7, 11) is 0. The van der Waals surface area contributed by atoms with Crippen molar-refractivity contribution in [3.8, 4) is 0 Å². The number of nitrogens with one attached hydrogen (secondary N) is 2. The minimum absolute atomic E-state index is 0.00629. The monoisotopic (exact) mass is 402 g/mol. The predicted octanol–water partition coefficient (Wildman–Crippen LogP) is 4.92. The Morgan fingerprint density at radius 3 is 2.30 bits per heavy atom. The van der Waals surface area contributed by atoms with Gasteiger partial charge in [0.15, 0.2) is 0 Å². The van der Waals surface area contributed by atoms with Crippen LogP contribution in [0, 0.1) is 11.3 Å². The summed E-state index contributed by atoms with van der Waals surface area (Å²) < 4.78 is 0. The van der Waals surface area contributed by atoms with Gasteiger partial charge in [0.05, 0.1) is 0 Å².